The number of H-pyrrole nitrogens is 1. The fraction of sp³-hybridized carbons (Fsp3) is 0.280. The molecule has 2 unspecified atom stereocenters. The van der Waals surface area contributed by atoms with Crippen LogP contribution in [0, 0.1) is 11.7 Å². The van der Waals surface area contributed by atoms with E-state index in [0.717, 1.165) is 25.2 Å². The van der Waals surface area contributed by atoms with Gasteiger partial charge < -0.3 is 15.0 Å². The Balaban J connectivity index is 1.33. The number of nitrogens with one attached hydrogen (secondary N) is 2. The quantitative estimate of drug-likeness (QED) is 0.301. The summed E-state index contributed by atoms with van der Waals surface area (Å²) in [4.78, 5) is 36.5. The lowest BCUT2D eigenvalue weighted by molar-refractivity contribution is 0.0914. The molecular weight excluding hydrogens is 487 g/mol. The molecular formula is C25H23FN4O5S. The van der Waals surface area contributed by atoms with Crippen LogP contribution in [0.15, 0.2) is 58.6 Å². The first-order chi connectivity index (χ1) is 17.2. The fourth-order valence-electron chi connectivity index (χ4n) is 4.57. The maximum atomic E-state index is 14.9. The number of halogens is 1. The van der Waals surface area contributed by atoms with E-state index >= 15 is 0 Å². The Bertz CT molecular complexity index is 1650. The zero-order valence-electron chi connectivity index (χ0n) is 19.3. The number of nitrogens with zero attached hydrogens (tertiary/aromatic N) is 2. The van der Waals surface area contributed by atoms with Crippen molar-refractivity contribution in [3.63, 3.8) is 0 Å². The van der Waals surface area contributed by atoms with E-state index in [1.807, 2.05) is 0 Å². The van der Waals surface area contributed by atoms with E-state index in [1.165, 1.54) is 18.3 Å². The third kappa shape index (κ3) is 4.66. The van der Waals surface area contributed by atoms with Crippen LogP contribution in [0.4, 0.5) is 4.39 Å². The number of hydrogen-bond donors (Lipinski definition) is 2. The lowest BCUT2D eigenvalue weighted by Crippen LogP contribution is -2.39. The zero-order valence-corrected chi connectivity index (χ0v) is 20.1. The van der Waals surface area contributed by atoms with E-state index in [4.69, 9.17) is 4.74 Å². The second-order valence-electron chi connectivity index (χ2n) is 8.91. The third-order valence-electron chi connectivity index (χ3n) is 6.40. The monoisotopic (exact) mass is 510 g/mol. The van der Waals surface area contributed by atoms with Crippen LogP contribution in [-0.4, -0.2) is 48.2 Å². The number of hydrogen-bond acceptors (Lipinski definition) is 7. The van der Waals surface area contributed by atoms with Gasteiger partial charge in [0.15, 0.2) is 5.43 Å². The molecule has 9 nitrogen and oxygen atoms in total. The van der Waals surface area contributed by atoms with Crippen LogP contribution in [0.25, 0.3) is 21.8 Å². The van der Waals surface area contributed by atoms with Crippen molar-refractivity contribution in [2.45, 2.75) is 30.5 Å². The van der Waals surface area contributed by atoms with Crippen LogP contribution in [-0.2, 0) is 9.84 Å². The van der Waals surface area contributed by atoms with Crippen LogP contribution < -0.4 is 15.5 Å². The van der Waals surface area contributed by atoms with Crippen molar-refractivity contribution in [2.24, 2.45) is 5.92 Å². The van der Waals surface area contributed by atoms with Gasteiger partial charge in [0.1, 0.15) is 5.82 Å². The van der Waals surface area contributed by atoms with E-state index in [1.54, 1.807) is 24.3 Å². The minimum atomic E-state index is -3.57. The number of sulfone groups is 1. The lowest BCUT2D eigenvalue weighted by atomic mass is 10.0. The van der Waals surface area contributed by atoms with Gasteiger partial charge in [0.25, 0.3) is 5.91 Å². The molecule has 11 heteroatoms. The maximum Gasteiger partial charge on any atom is 0.254 e. The van der Waals surface area contributed by atoms with Crippen molar-refractivity contribution in [2.75, 3.05) is 12.9 Å². The Hall–Kier alpha value is -3.86. The molecule has 36 heavy (non-hydrogen) atoms. The molecule has 2 heterocycles. The molecule has 1 amide bonds. The van der Waals surface area contributed by atoms with Crippen molar-refractivity contribution < 1.29 is 22.3 Å². The molecule has 0 saturated heterocycles. The molecule has 1 fully saturated rings. The number of amides is 1. The molecule has 186 valence electrons. The van der Waals surface area contributed by atoms with Crippen LogP contribution in [0.1, 0.15) is 29.6 Å². The highest BCUT2D eigenvalue weighted by Crippen LogP contribution is 2.27. The summed E-state index contributed by atoms with van der Waals surface area (Å²) in [5.41, 5.74) is 0.516. The number of pyridine rings is 1. The summed E-state index contributed by atoms with van der Waals surface area (Å²) < 4.78 is 44.0. The number of ether oxygens (including phenoxy) is 1. The standard InChI is InChI=1S/C25H23FN4O5S/c1-36(33,34)25-27-10-9-22(30-25)35-13-14-5-4-8-19(14)29-24(32)16-12-21-17(11-18(16)26)23(31)15-6-2-3-7-20(15)28-21/h2-3,6-7,9-12,14,19H,4-5,8,13H2,1H3,(H,28,31)(H,29,32). The van der Waals surface area contributed by atoms with Gasteiger partial charge in [0.05, 0.1) is 17.7 Å². The first-order valence-corrected chi connectivity index (χ1v) is 13.3. The summed E-state index contributed by atoms with van der Waals surface area (Å²) in [6.07, 6.45) is 4.63. The predicted molar refractivity (Wildman–Crippen MR) is 131 cm³/mol. The van der Waals surface area contributed by atoms with Gasteiger partial charge in [0, 0.05) is 46.8 Å². The smallest absolute Gasteiger partial charge is 0.254 e. The van der Waals surface area contributed by atoms with Crippen LogP contribution in [0.5, 0.6) is 5.88 Å². The number of rotatable bonds is 6. The van der Waals surface area contributed by atoms with E-state index in [2.05, 4.69) is 20.3 Å². The Kier molecular flexibility index (Phi) is 6.17. The molecule has 2 N–H and O–H groups in total. The Labute approximate surface area is 205 Å². The summed E-state index contributed by atoms with van der Waals surface area (Å²) in [5.74, 6) is -1.31. The summed E-state index contributed by atoms with van der Waals surface area (Å²) in [6, 6.07) is 10.6. The molecule has 2 atom stereocenters. The van der Waals surface area contributed by atoms with Gasteiger partial charge in [-0.05, 0) is 37.1 Å². The van der Waals surface area contributed by atoms with E-state index in [9.17, 15) is 22.4 Å². The van der Waals surface area contributed by atoms with Gasteiger partial charge in [-0.25, -0.2) is 17.8 Å². The molecule has 5 rings (SSSR count). The van der Waals surface area contributed by atoms with Crippen molar-refractivity contribution in [1.29, 1.82) is 0 Å². The van der Waals surface area contributed by atoms with Gasteiger partial charge in [0.2, 0.25) is 20.9 Å². The summed E-state index contributed by atoms with van der Waals surface area (Å²) in [6.45, 7) is 0.199. The van der Waals surface area contributed by atoms with Crippen molar-refractivity contribution in [3.8, 4) is 5.88 Å². The van der Waals surface area contributed by atoms with E-state index in [0.29, 0.717) is 22.8 Å². The summed E-state index contributed by atoms with van der Waals surface area (Å²) >= 11 is 0. The molecule has 4 aromatic rings. The summed E-state index contributed by atoms with van der Waals surface area (Å²) in [7, 11) is -3.57. The molecule has 0 aliphatic heterocycles. The lowest BCUT2D eigenvalue weighted by Gasteiger charge is -2.21. The third-order valence-corrected chi connectivity index (χ3v) is 7.26. The summed E-state index contributed by atoms with van der Waals surface area (Å²) in [5, 5.41) is 3.19. The van der Waals surface area contributed by atoms with Crippen molar-refractivity contribution in [3.05, 3.63) is 70.3 Å². The maximum absolute atomic E-state index is 14.9. The first-order valence-electron chi connectivity index (χ1n) is 11.4. The average Bonchev–Trinajstić information content (AvgIpc) is 3.29. The molecule has 0 bridgehead atoms. The second kappa shape index (κ2) is 9.30. The average molecular weight is 511 g/mol. The molecule has 2 aromatic carbocycles. The zero-order chi connectivity index (χ0) is 25.4. The van der Waals surface area contributed by atoms with Gasteiger partial charge in [-0.1, -0.05) is 18.6 Å². The first kappa shape index (κ1) is 23.9. The largest absolute Gasteiger partial charge is 0.477 e. The minimum Gasteiger partial charge on any atom is -0.477 e. The second-order valence-corrected chi connectivity index (χ2v) is 10.8. The number of aromatic amines is 1. The molecule has 1 aliphatic carbocycles. The molecule has 1 aliphatic rings. The number of para-hydroxylation sites is 1. The van der Waals surface area contributed by atoms with Crippen molar-refractivity contribution >= 4 is 37.6 Å². The number of fused-ring (bicyclic) bond motifs is 2. The highest BCUT2D eigenvalue weighted by atomic mass is 32.2. The SMILES string of the molecule is CS(=O)(=O)c1nccc(OCC2CCCC2NC(=O)c2cc3[nH]c4ccccc4c(=O)c3cc2F)n1. The van der Waals surface area contributed by atoms with Gasteiger partial charge >= 0.3 is 0 Å². The van der Waals surface area contributed by atoms with Crippen LogP contribution in [0.3, 0.4) is 0 Å². The molecule has 1 saturated carbocycles. The van der Waals surface area contributed by atoms with Gasteiger partial charge in [-0.3, -0.25) is 9.59 Å². The predicted octanol–water partition coefficient (Wildman–Crippen LogP) is 2.99. The Morgan fingerprint density at radius 2 is 1.97 bits per heavy atom. The minimum absolute atomic E-state index is 0.0714. The Morgan fingerprint density at radius 1 is 1.17 bits per heavy atom. The van der Waals surface area contributed by atoms with E-state index < -0.39 is 21.6 Å². The number of aromatic nitrogens is 3. The van der Waals surface area contributed by atoms with Gasteiger partial charge in [-0.15, -0.1) is 0 Å². The number of benzene rings is 2. The highest BCUT2D eigenvalue weighted by Gasteiger charge is 2.30. The number of carbonyl (C=O) groups excluding carboxylic acids is 1. The van der Waals surface area contributed by atoms with Gasteiger partial charge in [-0.2, -0.15) is 4.98 Å². The fourth-order valence-corrected chi connectivity index (χ4v) is 5.08. The van der Waals surface area contributed by atoms with E-state index in [-0.39, 0.29) is 46.0 Å². The molecule has 2 aromatic heterocycles. The normalized spacial score (nSPS) is 17.9. The van der Waals surface area contributed by atoms with Crippen molar-refractivity contribution in [1.82, 2.24) is 20.3 Å². The number of carbonyl (C=O) groups is 1. The molecule has 0 spiro atoms. The Morgan fingerprint density at radius 3 is 2.78 bits per heavy atom. The van der Waals surface area contributed by atoms with Crippen LogP contribution >= 0.6 is 0 Å². The topological polar surface area (TPSA) is 131 Å². The highest BCUT2D eigenvalue weighted by molar-refractivity contribution is 7.90. The van der Waals surface area contributed by atoms with Crippen LogP contribution in [0.2, 0.25) is 0 Å². The molecule has 0 radical (unpaired) electrons.